The third-order valence-electron chi connectivity index (χ3n) is 2.63. The topological polar surface area (TPSA) is 34.0 Å². The standard InChI is InChI=1S/C13H13FN2O/c1-15-12-7-10(8-16(2)13(12)17)9-3-5-11(14)6-4-9/h3-8,15H,1-2H3. The van der Waals surface area contributed by atoms with Crippen molar-refractivity contribution in [2.24, 2.45) is 7.05 Å². The lowest BCUT2D eigenvalue weighted by Gasteiger charge is -2.08. The van der Waals surface area contributed by atoms with Gasteiger partial charge in [0.05, 0.1) is 0 Å². The van der Waals surface area contributed by atoms with Crippen LogP contribution in [0.5, 0.6) is 0 Å². The fourth-order valence-corrected chi connectivity index (χ4v) is 1.69. The van der Waals surface area contributed by atoms with Gasteiger partial charge in [-0.25, -0.2) is 4.39 Å². The van der Waals surface area contributed by atoms with Crippen molar-refractivity contribution in [2.75, 3.05) is 12.4 Å². The van der Waals surface area contributed by atoms with E-state index in [2.05, 4.69) is 5.32 Å². The van der Waals surface area contributed by atoms with Gasteiger partial charge in [0.25, 0.3) is 5.56 Å². The maximum atomic E-state index is 12.8. The second kappa shape index (κ2) is 4.41. The molecule has 2 aromatic rings. The van der Waals surface area contributed by atoms with Crippen molar-refractivity contribution in [3.63, 3.8) is 0 Å². The zero-order valence-corrected chi connectivity index (χ0v) is 9.70. The number of benzene rings is 1. The van der Waals surface area contributed by atoms with Gasteiger partial charge < -0.3 is 9.88 Å². The van der Waals surface area contributed by atoms with Crippen LogP contribution in [0.1, 0.15) is 0 Å². The van der Waals surface area contributed by atoms with Crippen LogP contribution in [0.15, 0.2) is 41.3 Å². The van der Waals surface area contributed by atoms with Crippen LogP contribution in [0.2, 0.25) is 0 Å². The Kier molecular flexibility index (Phi) is 2.95. The minimum Gasteiger partial charge on any atom is -0.384 e. The Morgan fingerprint density at radius 2 is 1.82 bits per heavy atom. The Bertz CT molecular complexity index is 587. The molecule has 0 spiro atoms. The Morgan fingerprint density at radius 3 is 2.41 bits per heavy atom. The molecule has 3 nitrogen and oxygen atoms in total. The lowest BCUT2D eigenvalue weighted by molar-refractivity contribution is 0.628. The number of pyridine rings is 1. The molecule has 0 saturated carbocycles. The van der Waals surface area contributed by atoms with Crippen molar-refractivity contribution in [2.45, 2.75) is 0 Å². The highest BCUT2D eigenvalue weighted by Gasteiger charge is 2.04. The second-order valence-corrected chi connectivity index (χ2v) is 3.82. The van der Waals surface area contributed by atoms with E-state index in [1.165, 1.54) is 16.7 Å². The van der Waals surface area contributed by atoms with Gasteiger partial charge >= 0.3 is 0 Å². The van der Waals surface area contributed by atoms with E-state index < -0.39 is 0 Å². The first-order valence-electron chi connectivity index (χ1n) is 5.26. The molecule has 0 bridgehead atoms. The molecule has 4 heteroatoms. The van der Waals surface area contributed by atoms with E-state index in [0.717, 1.165) is 11.1 Å². The number of nitrogens with zero attached hydrogens (tertiary/aromatic N) is 1. The Morgan fingerprint density at radius 1 is 1.18 bits per heavy atom. The van der Waals surface area contributed by atoms with E-state index in [0.29, 0.717) is 5.69 Å². The molecule has 0 atom stereocenters. The fraction of sp³-hybridized carbons (Fsp3) is 0.154. The maximum Gasteiger partial charge on any atom is 0.273 e. The summed E-state index contributed by atoms with van der Waals surface area (Å²) in [6.07, 6.45) is 1.73. The molecular weight excluding hydrogens is 219 g/mol. The zero-order chi connectivity index (χ0) is 12.4. The average Bonchev–Trinajstić information content (AvgIpc) is 2.33. The quantitative estimate of drug-likeness (QED) is 0.861. The van der Waals surface area contributed by atoms with Gasteiger partial charge in [0.15, 0.2) is 0 Å². The molecule has 17 heavy (non-hydrogen) atoms. The van der Waals surface area contributed by atoms with Gasteiger partial charge in [0, 0.05) is 25.9 Å². The number of anilines is 1. The van der Waals surface area contributed by atoms with Crippen LogP contribution in [0, 0.1) is 5.82 Å². The van der Waals surface area contributed by atoms with Crippen LogP contribution in [0.4, 0.5) is 10.1 Å². The highest BCUT2D eigenvalue weighted by atomic mass is 19.1. The minimum absolute atomic E-state index is 0.0849. The Labute approximate surface area is 98.5 Å². The summed E-state index contributed by atoms with van der Waals surface area (Å²) >= 11 is 0. The second-order valence-electron chi connectivity index (χ2n) is 3.82. The molecule has 0 unspecified atom stereocenters. The van der Waals surface area contributed by atoms with E-state index in [9.17, 15) is 9.18 Å². The monoisotopic (exact) mass is 232 g/mol. The number of halogens is 1. The van der Waals surface area contributed by atoms with E-state index in [1.54, 1.807) is 38.5 Å². The molecule has 0 radical (unpaired) electrons. The summed E-state index contributed by atoms with van der Waals surface area (Å²) in [5.41, 5.74) is 2.18. The Balaban J connectivity index is 2.56. The van der Waals surface area contributed by atoms with Crippen molar-refractivity contribution in [1.29, 1.82) is 0 Å². The van der Waals surface area contributed by atoms with Crippen LogP contribution < -0.4 is 10.9 Å². The van der Waals surface area contributed by atoms with Crippen molar-refractivity contribution in [3.8, 4) is 11.1 Å². The highest BCUT2D eigenvalue weighted by Crippen LogP contribution is 2.20. The Hall–Kier alpha value is -2.10. The summed E-state index contributed by atoms with van der Waals surface area (Å²) in [6, 6.07) is 7.94. The number of aromatic nitrogens is 1. The molecule has 88 valence electrons. The molecule has 1 N–H and O–H groups in total. The van der Waals surface area contributed by atoms with Gasteiger partial charge in [0.2, 0.25) is 0 Å². The SMILES string of the molecule is CNc1cc(-c2ccc(F)cc2)cn(C)c1=O. The van der Waals surface area contributed by atoms with E-state index >= 15 is 0 Å². The average molecular weight is 232 g/mol. The largest absolute Gasteiger partial charge is 0.384 e. The third kappa shape index (κ3) is 2.20. The molecular formula is C13H13FN2O. The van der Waals surface area contributed by atoms with Crippen LogP contribution in [0.3, 0.4) is 0 Å². The first-order valence-corrected chi connectivity index (χ1v) is 5.26. The third-order valence-corrected chi connectivity index (χ3v) is 2.63. The first kappa shape index (κ1) is 11.4. The molecule has 0 amide bonds. The van der Waals surface area contributed by atoms with Gasteiger partial charge in [-0.05, 0) is 23.8 Å². The molecule has 0 fully saturated rings. The summed E-state index contributed by atoms with van der Waals surface area (Å²) in [5.74, 6) is -0.271. The molecule has 1 aromatic heterocycles. The van der Waals surface area contributed by atoms with Crippen LogP contribution in [-0.4, -0.2) is 11.6 Å². The first-order chi connectivity index (χ1) is 8.11. The van der Waals surface area contributed by atoms with Crippen molar-refractivity contribution in [3.05, 3.63) is 52.7 Å². The predicted molar refractivity (Wildman–Crippen MR) is 66.6 cm³/mol. The van der Waals surface area contributed by atoms with Crippen molar-refractivity contribution >= 4 is 5.69 Å². The normalized spacial score (nSPS) is 10.3. The van der Waals surface area contributed by atoms with Gasteiger partial charge in [0.1, 0.15) is 11.5 Å². The summed E-state index contributed by atoms with van der Waals surface area (Å²) < 4.78 is 14.3. The molecule has 0 aliphatic rings. The molecule has 0 aliphatic heterocycles. The number of aryl methyl sites for hydroxylation is 1. The van der Waals surface area contributed by atoms with E-state index in [1.807, 2.05) is 0 Å². The molecule has 2 rings (SSSR count). The highest BCUT2D eigenvalue weighted by molar-refractivity contribution is 5.66. The summed E-state index contributed by atoms with van der Waals surface area (Å²) in [6.45, 7) is 0. The minimum atomic E-state index is -0.271. The lowest BCUT2D eigenvalue weighted by Crippen LogP contribution is -2.19. The fourth-order valence-electron chi connectivity index (χ4n) is 1.69. The van der Waals surface area contributed by atoms with Crippen LogP contribution >= 0.6 is 0 Å². The molecule has 1 aromatic carbocycles. The van der Waals surface area contributed by atoms with Gasteiger partial charge in [-0.3, -0.25) is 4.79 Å². The van der Waals surface area contributed by atoms with Gasteiger partial charge in [-0.1, -0.05) is 12.1 Å². The predicted octanol–water partition coefficient (Wildman–Crippen LogP) is 2.23. The molecule has 0 saturated heterocycles. The molecule has 1 heterocycles. The van der Waals surface area contributed by atoms with Gasteiger partial charge in [-0.15, -0.1) is 0 Å². The van der Waals surface area contributed by atoms with Crippen LogP contribution in [-0.2, 0) is 7.05 Å². The maximum absolute atomic E-state index is 12.8. The lowest BCUT2D eigenvalue weighted by atomic mass is 10.1. The van der Waals surface area contributed by atoms with E-state index in [-0.39, 0.29) is 11.4 Å². The molecule has 0 aliphatic carbocycles. The van der Waals surface area contributed by atoms with Crippen molar-refractivity contribution < 1.29 is 4.39 Å². The van der Waals surface area contributed by atoms with E-state index in [4.69, 9.17) is 0 Å². The summed E-state index contributed by atoms with van der Waals surface area (Å²) in [4.78, 5) is 11.7. The van der Waals surface area contributed by atoms with Gasteiger partial charge in [-0.2, -0.15) is 0 Å². The smallest absolute Gasteiger partial charge is 0.273 e. The van der Waals surface area contributed by atoms with Crippen molar-refractivity contribution in [1.82, 2.24) is 4.57 Å². The number of hydrogen-bond acceptors (Lipinski definition) is 2. The summed E-state index contributed by atoms with van der Waals surface area (Å²) in [7, 11) is 3.39. The van der Waals surface area contributed by atoms with Crippen LogP contribution in [0.25, 0.3) is 11.1 Å². The number of hydrogen-bond donors (Lipinski definition) is 1. The zero-order valence-electron chi connectivity index (χ0n) is 9.70. The number of rotatable bonds is 2. The summed E-state index contributed by atoms with van der Waals surface area (Å²) in [5, 5.41) is 2.85. The number of nitrogens with one attached hydrogen (secondary N) is 1.